The second kappa shape index (κ2) is 7.51. The standard InChI is InChI=1S/C21H17N5O3/c1-2-13-6-8-15(9-7-13)23-21-24-19-18(20(27)25-21)17(10-11-22-19)14-4-3-5-16(12-14)26(28)29/h3-12H,2H2,1H3,(H2,22,23,24,25,27). The highest BCUT2D eigenvalue weighted by atomic mass is 16.6. The summed E-state index contributed by atoms with van der Waals surface area (Å²) in [4.78, 5) is 34.7. The molecule has 4 aromatic rings. The van der Waals surface area contributed by atoms with Crippen molar-refractivity contribution in [2.24, 2.45) is 0 Å². The molecule has 0 unspecified atom stereocenters. The van der Waals surface area contributed by atoms with Gasteiger partial charge in [-0.15, -0.1) is 0 Å². The Morgan fingerprint density at radius 2 is 1.93 bits per heavy atom. The summed E-state index contributed by atoms with van der Waals surface area (Å²) in [6.45, 7) is 2.08. The van der Waals surface area contributed by atoms with E-state index >= 15 is 0 Å². The van der Waals surface area contributed by atoms with Gasteiger partial charge < -0.3 is 5.32 Å². The summed E-state index contributed by atoms with van der Waals surface area (Å²) in [6, 6.07) is 15.6. The summed E-state index contributed by atoms with van der Waals surface area (Å²) in [7, 11) is 0. The third kappa shape index (κ3) is 3.68. The van der Waals surface area contributed by atoms with Crippen molar-refractivity contribution in [3.63, 3.8) is 0 Å². The molecule has 0 bridgehead atoms. The van der Waals surface area contributed by atoms with Crippen LogP contribution in [0.1, 0.15) is 12.5 Å². The molecule has 0 aliphatic heterocycles. The fourth-order valence-corrected chi connectivity index (χ4v) is 3.11. The van der Waals surface area contributed by atoms with Crippen LogP contribution in [0.15, 0.2) is 65.6 Å². The zero-order chi connectivity index (χ0) is 20.4. The van der Waals surface area contributed by atoms with Gasteiger partial charge >= 0.3 is 0 Å². The van der Waals surface area contributed by atoms with Crippen LogP contribution >= 0.6 is 0 Å². The minimum absolute atomic E-state index is 0.0503. The maximum Gasteiger partial charge on any atom is 0.270 e. The van der Waals surface area contributed by atoms with E-state index in [2.05, 4.69) is 27.2 Å². The van der Waals surface area contributed by atoms with Gasteiger partial charge in [-0.05, 0) is 35.7 Å². The number of nitro groups is 1. The van der Waals surface area contributed by atoms with Crippen molar-refractivity contribution in [3.8, 4) is 11.1 Å². The second-order valence-electron chi connectivity index (χ2n) is 6.45. The van der Waals surface area contributed by atoms with E-state index in [1.807, 2.05) is 24.3 Å². The molecule has 0 spiro atoms. The Morgan fingerprint density at radius 1 is 1.14 bits per heavy atom. The zero-order valence-electron chi connectivity index (χ0n) is 15.5. The molecule has 8 heteroatoms. The number of fused-ring (bicyclic) bond motifs is 1. The van der Waals surface area contributed by atoms with Crippen LogP contribution < -0.4 is 10.9 Å². The molecule has 4 rings (SSSR count). The lowest BCUT2D eigenvalue weighted by Gasteiger charge is -2.09. The number of aryl methyl sites for hydroxylation is 1. The summed E-state index contributed by atoms with van der Waals surface area (Å²) in [6.07, 6.45) is 2.47. The van der Waals surface area contributed by atoms with E-state index in [4.69, 9.17) is 0 Å². The highest BCUT2D eigenvalue weighted by Gasteiger charge is 2.14. The largest absolute Gasteiger partial charge is 0.326 e. The van der Waals surface area contributed by atoms with Crippen LogP contribution in [0, 0.1) is 10.1 Å². The van der Waals surface area contributed by atoms with Gasteiger partial charge in [0.25, 0.3) is 11.2 Å². The molecule has 29 heavy (non-hydrogen) atoms. The average Bonchev–Trinajstić information content (AvgIpc) is 2.74. The third-order valence-electron chi connectivity index (χ3n) is 4.60. The molecular weight excluding hydrogens is 370 g/mol. The van der Waals surface area contributed by atoms with Crippen molar-refractivity contribution in [2.45, 2.75) is 13.3 Å². The number of hydrogen-bond acceptors (Lipinski definition) is 6. The Morgan fingerprint density at radius 3 is 2.66 bits per heavy atom. The number of hydrogen-bond donors (Lipinski definition) is 2. The Bertz CT molecular complexity index is 1270. The molecule has 0 saturated carbocycles. The molecule has 0 saturated heterocycles. The summed E-state index contributed by atoms with van der Waals surface area (Å²) in [5, 5.41) is 14.4. The number of nitrogens with one attached hydrogen (secondary N) is 2. The lowest BCUT2D eigenvalue weighted by molar-refractivity contribution is -0.384. The number of benzene rings is 2. The minimum atomic E-state index is -0.471. The van der Waals surface area contributed by atoms with Gasteiger partial charge in [-0.3, -0.25) is 19.9 Å². The Labute approximate surface area is 165 Å². The molecule has 0 atom stereocenters. The van der Waals surface area contributed by atoms with E-state index in [9.17, 15) is 14.9 Å². The van der Waals surface area contributed by atoms with E-state index in [-0.39, 0.29) is 28.2 Å². The third-order valence-corrected chi connectivity index (χ3v) is 4.60. The number of non-ortho nitro benzene ring substituents is 1. The fourth-order valence-electron chi connectivity index (χ4n) is 3.11. The van der Waals surface area contributed by atoms with Crippen LogP contribution in [-0.2, 0) is 6.42 Å². The minimum Gasteiger partial charge on any atom is -0.326 e. The zero-order valence-corrected chi connectivity index (χ0v) is 15.5. The summed E-state index contributed by atoms with van der Waals surface area (Å²) >= 11 is 0. The Balaban J connectivity index is 1.77. The topological polar surface area (TPSA) is 114 Å². The van der Waals surface area contributed by atoms with Crippen molar-refractivity contribution in [3.05, 3.63) is 86.8 Å². The number of anilines is 2. The van der Waals surface area contributed by atoms with Crippen LogP contribution in [0.25, 0.3) is 22.2 Å². The quantitative estimate of drug-likeness (QED) is 0.392. The van der Waals surface area contributed by atoms with Gasteiger partial charge in [0.2, 0.25) is 5.95 Å². The van der Waals surface area contributed by atoms with E-state index in [0.29, 0.717) is 11.1 Å². The van der Waals surface area contributed by atoms with Gasteiger partial charge in [0.05, 0.1) is 10.3 Å². The van der Waals surface area contributed by atoms with Gasteiger partial charge in [0, 0.05) is 29.6 Å². The van der Waals surface area contributed by atoms with Crippen molar-refractivity contribution < 1.29 is 4.92 Å². The molecule has 0 radical (unpaired) electrons. The number of H-pyrrole nitrogens is 1. The van der Waals surface area contributed by atoms with Crippen LogP contribution in [0.5, 0.6) is 0 Å². The van der Waals surface area contributed by atoms with Gasteiger partial charge in [0.1, 0.15) is 0 Å². The SMILES string of the molecule is CCc1ccc(Nc2nc3nccc(-c4cccc([N+](=O)[O-])c4)c3c(=O)[nH]2)cc1. The number of nitrogens with zero attached hydrogens (tertiary/aromatic N) is 3. The number of rotatable bonds is 5. The van der Waals surface area contributed by atoms with E-state index in [0.717, 1.165) is 12.1 Å². The Hall–Kier alpha value is -4.07. The van der Waals surface area contributed by atoms with E-state index in [1.54, 1.807) is 18.2 Å². The van der Waals surface area contributed by atoms with Crippen LogP contribution in [0.3, 0.4) is 0 Å². The first-order chi connectivity index (χ1) is 14.0. The molecule has 2 aromatic carbocycles. The smallest absolute Gasteiger partial charge is 0.270 e. The molecule has 0 fully saturated rings. The predicted molar refractivity (Wildman–Crippen MR) is 111 cm³/mol. The molecule has 0 aliphatic rings. The molecule has 0 aliphatic carbocycles. The van der Waals surface area contributed by atoms with Crippen LogP contribution in [0.2, 0.25) is 0 Å². The van der Waals surface area contributed by atoms with Gasteiger partial charge in [-0.2, -0.15) is 4.98 Å². The predicted octanol–water partition coefficient (Wildman–Crippen LogP) is 4.20. The molecule has 2 heterocycles. The Kier molecular flexibility index (Phi) is 4.74. The van der Waals surface area contributed by atoms with Crippen LogP contribution in [-0.4, -0.2) is 19.9 Å². The number of aromatic amines is 1. The van der Waals surface area contributed by atoms with Gasteiger partial charge in [-0.25, -0.2) is 4.98 Å². The highest BCUT2D eigenvalue weighted by molar-refractivity contribution is 5.92. The van der Waals surface area contributed by atoms with Crippen LogP contribution in [0.4, 0.5) is 17.3 Å². The maximum atomic E-state index is 12.8. The lowest BCUT2D eigenvalue weighted by Crippen LogP contribution is -2.13. The molecule has 0 amide bonds. The van der Waals surface area contributed by atoms with E-state index in [1.165, 1.54) is 23.9 Å². The summed E-state index contributed by atoms with van der Waals surface area (Å²) in [5.74, 6) is 0.274. The van der Waals surface area contributed by atoms with Crippen molar-refractivity contribution in [1.82, 2.24) is 15.0 Å². The van der Waals surface area contributed by atoms with Crippen molar-refractivity contribution in [1.29, 1.82) is 0 Å². The number of nitro benzene ring substituents is 1. The lowest BCUT2D eigenvalue weighted by atomic mass is 10.0. The normalized spacial score (nSPS) is 10.8. The average molecular weight is 387 g/mol. The molecule has 2 N–H and O–H groups in total. The summed E-state index contributed by atoms with van der Waals surface area (Å²) in [5.41, 5.74) is 2.91. The molecular formula is C21H17N5O3. The monoisotopic (exact) mass is 387 g/mol. The highest BCUT2D eigenvalue weighted by Crippen LogP contribution is 2.27. The second-order valence-corrected chi connectivity index (χ2v) is 6.45. The first-order valence-electron chi connectivity index (χ1n) is 9.05. The molecule has 144 valence electrons. The van der Waals surface area contributed by atoms with E-state index < -0.39 is 4.92 Å². The molecule has 8 nitrogen and oxygen atoms in total. The van der Waals surface area contributed by atoms with Gasteiger partial charge in [-0.1, -0.05) is 31.2 Å². The molecule has 2 aromatic heterocycles. The van der Waals surface area contributed by atoms with Gasteiger partial charge in [0.15, 0.2) is 5.65 Å². The fraction of sp³-hybridized carbons (Fsp3) is 0.0952. The first-order valence-corrected chi connectivity index (χ1v) is 9.05. The van der Waals surface area contributed by atoms with Crippen molar-refractivity contribution >= 4 is 28.4 Å². The number of pyridine rings is 1. The first kappa shape index (κ1) is 18.3. The number of aromatic nitrogens is 3. The summed E-state index contributed by atoms with van der Waals surface area (Å²) < 4.78 is 0. The maximum absolute atomic E-state index is 12.8. The van der Waals surface area contributed by atoms with Crippen molar-refractivity contribution in [2.75, 3.05) is 5.32 Å².